The van der Waals surface area contributed by atoms with Gasteiger partial charge in [0.05, 0.1) is 38.6 Å². The van der Waals surface area contributed by atoms with Gasteiger partial charge in [-0.25, -0.2) is 0 Å². The zero-order valence-corrected chi connectivity index (χ0v) is 14.7. The van der Waals surface area contributed by atoms with Gasteiger partial charge in [-0.15, -0.1) is 12.4 Å². The second kappa shape index (κ2) is 8.98. The Bertz CT molecular complexity index is 677. The Morgan fingerprint density at radius 1 is 1.25 bits per heavy atom. The minimum atomic E-state index is -0.221. The fourth-order valence-electron chi connectivity index (χ4n) is 2.25. The minimum Gasteiger partial charge on any atom is -0.497 e. The largest absolute Gasteiger partial charge is 0.497 e. The summed E-state index contributed by atoms with van der Waals surface area (Å²) >= 11 is 0. The van der Waals surface area contributed by atoms with Gasteiger partial charge in [0.1, 0.15) is 11.5 Å². The van der Waals surface area contributed by atoms with Crippen molar-refractivity contribution in [3.63, 3.8) is 0 Å². The van der Waals surface area contributed by atoms with E-state index < -0.39 is 0 Å². The number of carbonyl (C=O) groups excluding carboxylic acids is 1. The molecule has 0 spiro atoms. The number of hydrogen-bond donors (Lipinski definition) is 2. The number of nitrogens with two attached hydrogens (primary N) is 1. The highest BCUT2D eigenvalue weighted by Crippen LogP contribution is 2.29. The lowest BCUT2D eigenvalue weighted by Gasteiger charge is -2.18. The maximum absolute atomic E-state index is 12.2. The van der Waals surface area contributed by atoms with Crippen LogP contribution >= 0.6 is 12.4 Å². The number of anilines is 1. The van der Waals surface area contributed by atoms with Crippen molar-refractivity contribution in [2.75, 3.05) is 20.0 Å². The van der Waals surface area contributed by atoms with Crippen LogP contribution in [0.1, 0.15) is 24.2 Å². The summed E-state index contributed by atoms with van der Waals surface area (Å²) in [6, 6.07) is 8.73. The predicted molar refractivity (Wildman–Crippen MR) is 95.7 cm³/mol. The number of amides is 1. The Hall–Kier alpha value is -2.47. The summed E-state index contributed by atoms with van der Waals surface area (Å²) in [6.45, 7) is 1.89. The zero-order chi connectivity index (χ0) is 16.8. The Morgan fingerprint density at radius 2 is 2.00 bits per heavy atom. The van der Waals surface area contributed by atoms with E-state index in [0.717, 1.165) is 5.56 Å². The van der Waals surface area contributed by atoms with Crippen LogP contribution in [0.4, 0.5) is 5.69 Å². The van der Waals surface area contributed by atoms with Gasteiger partial charge in [0.25, 0.3) is 0 Å². The second-order valence-electron chi connectivity index (χ2n) is 5.16. The van der Waals surface area contributed by atoms with Crippen molar-refractivity contribution in [1.29, 1.82) is 0 Å². The van der Waals surface area contributed by atoms with Crippen molar-refractivity contribution in [2.24, 2.45) is 0 Å². The highest BCUT2D eigenvalue weighted by molar-refractivity contribution is 5.85. The SMILES string of the molecule is COc1ccc(OC)c(C(C)NC(=O)Cc2ccc(N)cn2)c1.Cl. The normalized spacial score (nSPS) is 11.1. The number of pyridine rings is 1. The molecular formula is C17H22ClN3O3. The van der Waals surface area contributed by atoms with E-state index in [-0.39, 0.29) is 30.8 Å². The van der Waals surface area contributed by atoms with Gasteiger partial charge in [0.2, 0.25) is 5.91 Å². The fraction of sp³-hybridized carbons (Fsp3) is 0.294. The summed E-state index contributed by atoms with van der Waals surface area (Å²) in [6.07, 6.45) is 1.73. The van der Waals surface area contributed by atoms with Gasteiger partial charge in [-0.3, -0.25) is 9.78 Å². The molecule has 0 aliphatic heterocycles. The average molecular weight is 352 g/mol. The fourth-order valence-corrected chi connectivity index (χ4v) is 2.25. The maximum atomic E-state index is 12.2. The summed E-state index contributed by atoms with van der Waals surface area (Å²) in [5, 5.41) is 2.94. The van der Waals surface area contributed by atoms with Gasteiger partial charge >= 0.3 is 0 Å². The molecule has 130 valence electrons. The number of rotatable bonds is 6. The molecule has 0 radical (unpaired) electrons. The van der Waals surface area contributed by atoms with E-state index in [2.05, 4.69) is 10.3 Å². The van der Waals surface area contributed by atoms with Crippen molar-refractivity contribution in [2.45, 2.75) is 19.4 Å². The first-order valence-electron chi connectivity index (χ1n) is 7.25. The number of nitrogen functional groups attached to an aromatic ring is 1. The molecule has 2 rings (SSSR count). The van der Waals surface area contributed by atoms with Crippen molar-refractivity contribution in [3.05, 3.63) is 47.8 Å². The average Bonchev–Trinajstić information content (AvgIpc) is 2.56. The molecule has 0 bridgehead atoms. The molecule has 2 aromatic rings. The van der Waals surface area contributed by atoms with E-state index in [1.807, 2.05) is 25.1 Å². The zero-order valence-electron chi connectivity index (χ0n) is 13.9. The van der Waals surface area contributed by atoms with Crippen LogP contribution in [-0.2, 0) is 11.2 Å². The number of methoxy groups -OCH3 is 2. The molecule has 1 amide bonds. The van der Waals surface area contributed by atoms with Gasteiger partial charge in [-0.05, 0) is 37.3 Å². The van der Waals surface area contributed by atoms with Crippen molar-refractivity contribution >= 4 is 24.0 Å². The van der Waals surface area contributed by atoms with Crippen molar-refractivity contribution in [1.82, 2.24) is 10.3 Å². The Kier molecular flexibility index (Phi) is 7.32. The summed E-state index contributed by atoms with van der Waals surface area (Å²) in [4.78, 5) is 16.3. The van der Waals surface area contributed by atoms with Gasteiger partial charge in [0, 0.05) is 11.3 Å². The van der Waals surface area contributed by atoms with E-state index in [1.54, 1.807) is 26.4 Å². The molecule has 0 saturated heterocycles. The maximum Gasteiger partial charge on any atom is 0.226 e. The standard InChI is InChI=1S/C17H21N3O3.ClH/c1-11(15-9-14(22-2)6-7-16(15)23-3)20-17(21)8-13-5-4-12(18)10-19-13;/h4-7,9-11H,8,18H2,1-3H3,(H,20,21);1H. The quantitative estimate of drug-likeness (QED) is 0.835. The van der Waals surface area contributed by atoms with E-state index in [9.17, 15) is 4.79 Å². The first kappa shape index (κ1) is 19.6. The summed E-state index contributed by atoms with van der Waals surface area (Å²) in [5.41, 5.74) is 7.68. The summed E-state index contributed by atoms with van der Waals surface area (Å²) in [5.74, 6) is 1.28. The molecule has 1 aromatic heterocycles. The smallest absolute Gasteiger partial charge is 0.226 e. The predicted octanol–water partition coefficient (Wildman–Crippen LogP) is 2.52. The van der Waals surface area contributed by atoms with E-state index in [1.165, 1.54) is 6.20 Å². The third-order valence-electron chi connectivity index (χ3n) is 3.47. The molecule has 6 nitrogen and oxygen atoms in total. The van der Waals surface area contributed by atoms with Crippen LogP contribution < -0.4 is 20.5 Å². The number of ether oxygens (including phenoxy) is 2. The molecule has 3 N–H and O–H groups in total. The lowest BCUT2D eigenvalue weighted by molar-refractivity contribution is -0.121. The monoisotopic (exact) mass is 351 g/mol. The summed E-state index contributed by atoms with van der Waals surface area (Å²) < 4.78 is 10.6. The molecule has 24 heavy (non-hydrogen) atoms. The lowest BCUT2D eigenvalue weighted by Crippen LogP contribution is -2.28. The van der Waals surface area contributed by atoms with Gasteiger partial charge in [0.15, 0.2) is 0 Å². The minimum absolute atomic E-state index is 0. The third kappa shape index (κ3) is 5.03. The lowest BCUT2D eigenvalue weighted by atomic mass is 10.1. The van der Waals surface area contributed by atoms with Gasteiger partial charge in [-0.1, -0.05) is 0 Å². The number of aromatic nitrogens is 1. The van der Waals surface area contributed by atoms with Crippen molar-refractivity contribution < 1.29 is 14.3 Å². The number of carbonyl (C=O) groups is 1. The number of benzene rings is 1. The van der Waals surface area contributed by atoms with Crippen LogP contribution in [0.25, 0.3) is 0 Å². The Morgan fingerprint density at radius 3 is 2.58 bits per heavy atom. The molecular weight excluding hydrogens is 330 g/mol. The van der Waals surface area contributed by atoms with E-state index in [0.29, 0.717) is 22.9 Å². The molecule has 0 aliphatic carbocycles. The highest BCUT2D eigenvalue weighted by atomic mass is 35.5. The molecule has 1 aromatic carbocycles. The van der Waals surface area contributed by atoms with Crippen LogP contribution in [0.3, 0.4) is 0 Å². The molecule has 0 fully saturated rings. The highest BCUT2D eigenvalue weighted by Gasteiger charge is 2.15. The molecule has 1 unspecified atom stereocenters. The number of nitrogens with zero attached hydrogens (tertiary/aromatic N) is 1. The van der Waals surface area contributed by atoms with Crippen LogP contribution in [0.5, 0.6) is 11.5 Å². The topological polar surface area (TPSA) is 86.5 Å². The van der Waals surface area contributed by atoms with Gasteiger partial charge < -0.3 is 20.5 Å². The van der Waals surface area contributed by atoms with Crippen LogP contribution in [0, 0.1) is 0 Å². The van der Waals surface area contributed by atoms with Crippen LogP contribution in [0.2, 0.25) is 0 Å². The molecule has 1 atom stereocenters. The molecule has 0 aliphatic rings. The molecule has 7 heteroatoms. The van der Waals surface area contributed by atoms with Crippen LogP contribution in [-0.4, -0.2) is 25.1 Å². The first-order valence-corrected chi connectivity index (χ1v) is 7.25. The number of halogens is 1. The third-order valence-corrected chi connectivity index (χ3v) is 3.47. The number of hydrogen-bond acceptors (Lipinski definition) is 5. The summed E-state index contributed by atoms with van der Waals surface area (Å²) in [7, 11) is 3.19. The Balaban J connectivity index is 0.00000288. The van der Waals surface area contributed by atoms with Gasteiger partial charge in [-0.2, -0.15) is 0 Å². The van der Waals surface area contributed by atoms with Crippen LogP contribution in [0.15, 0.2) is 36.5 Å². The van der Waals surface area contributed by atoms with E-state index in [4.69, 9.17) is 15.2 Å². The molecule has 0 saturated carbocycles. The Labute approximate surface area is 147 Å². The molecule has 1 heterocycles. The number of nitrogens with one attached hydrogen (secondary N) is 1. The van der Waals surface area contributed by atoms with E-state index >= 15 is 0 Å². The second-order valence-corrected chi connectivity index (χ2v) is 5.16. The van der Waals surface area contributed by atoms with Crippen molar-refractivity contribution in [3.8, 4) is 11.5 Å². The first-order chi connectivity index (χ1) is 11.0.